The third-order valence-corrected chi connectivity index (χ3v) is 6.99. The van der Waals surface area contributed by atoms with E-state index in [0.717, 1.165) is 38.1 Å². The summed E-state index contributed by atoms with van der Waals surface area (Å²) in [5.74, 6) is 1.12. The van der Waals surface area contributed by atoms with Crippen LogP contribution in [-0.2, 0) is 0 Å². The maximum Gasteiger partial charge on any atom is 0.226 e. The summed E-state index contributed by atoms with van der Waals surface area (Å²) in [7, 11) is 0. The number of hydrogen-bond donors (Lipinski definition) is 0. The summed E-state index contributed by atoms with van der Waals surface area (Å²) in [6.45, 7) is 0. The van der Waals surface area contributed by atoms with Gasteiger partial charge in [-0.25, -0.2) is 4.98 Å². The Morgan fingerprint density at radius 3 is 1.84 bits per heavy atom. The van der Waals surface area contributed by atoms with E-state index in [1.807, 2.05) is 24.3 Å². The second kappa shape index (κ2) is 8.81. The second-order valence-electron chi connectivity index (χ2n) is 9.09. The molecule has 4 heteroatoms. The van der Waals surface area contributed by atoms with Gasteiger partial charge in [0, 0.05) is 11.1 Å². The van der Waals surface area contributed by atoms with Crippen LogP contribution in [0.3, 0.4) is 0 Å². The zero-order valence-corrected chi connectivity index (χ0v) is 20.5. The molecule has 1 heterocycles. The lowest BCUT2D eigenvalue weighted by Gasteiger charge is -2.11. The molecule has 0 radical (unpaired) electrons. The Kier molecular flexibility index (Phi) is 5.16. The minimum absolute atomic E-state index is 0.178. The normalized spacial score (nSPS) is 11.4. The van der Waals surface area contributed by atoms with E-state index in [2.05, 4.69) is 107 Å². The second-order valence-corrected chi connectivity index (χ2v) is 9.42. The van der Waals surface area contributed by atoms with Gasteiger partial charge >= 0.3 is 0 Å². The molecule has 0 saturated heterocycles. The highest BCUT2D eigenvalue weighted by atomic mass is 35.5. The predicted octanol–water partition coefficient (Wildman–Crippen LogP) is 8.99. The van der Waals surface area contributed by atoms with Crippen LogP contribution < -0.4 is 0 Å². The van der Waals surface area contributed by atoms with Crippen molar-refractivity contribution in [2.45, 2.75) is 0 Å². The van der Waals surface area contributed by atoms with Gasteiger partial charge in [-0.05, 0) is 73.2 Å². The van der Waals surface area contributed by atoms with Crippen molar-refractivity contribution in [1.82, 2.24) is 15.0 Å². The number of fused-ring (bicyclic) bond motifs is 4. The van der Waals surface area contributed by atoms with Crippen molar-refractivity contribution in [1.29, 1.82) is 0 Å². The van der Waals surface area contributed by atoms with E-state index in [1.165, 1.54) is 16.5 Å². The zero-order chi connectivity index (χ0) is 24.8. The van der Waals surface area contributed by atoms with Crippen LogP contribution in [0.25, 0.3) is 66.2 Å². The Bertz CT molecular complexity index is 1950. The zero-order valence-electron chi connectivity index (χ0n) is 19.8. The Morgan fingerprint density at radius 2 is 1.03 bits per heavy atom. The first-order chi connectivity index (χ1) is 18.2. The number of nitrogens with zero attached hydrogens (tertiary/aromatic N) is 3. The Balaban J connectivity index is 1.36. The Hall–Kier alpha value is -4.60. The fourth-order valence-corrected chi connectivity index (χ4v) is 5.19. The molecule has 0 saturated carbocycles. The standard InChI is InChI=1S/C33H20ClN3/c34-33-36-31(26-17-16-23-18-22(14-15-24(23)19-26)21-8-2-1-3-9-21)35-32(37-33)30-20-25-10-4-5-11-27(25)28-12-6-7-13-29(28)30/h1-20H. The molecule has 0 unspecified atom stereocenters. The summed E-state index contributed by atoms with van der Waals surface area (Å²) in [6, 6.07) is 42.0. The molecule has 0 spiro atoms. The first-order valence-corrected chi connectivity index (χ1v) is 12.5. The summed E-state index contributed by atoms with van der Waals surface area (Å²) in [6.07, 6.45) is 0. The van der Waals surface area contributed by atoms with E-state index in [-0.39, 0.29) is 5.28 Å². The Morgan fingerprint density at radius 1 is 0.405 bits per heavy atom. The highest BCUT2D eigenvalue weighted by Gasteiger charge is 2.14. The van der Waals surface area contributed by atoms with Gasteiger partial charge in [-0.3, -0.25) is 0 Å². The molecule has 0 atom stereocenters. The van der Waals surface area contributed by atoms with Gasteiger partial charge in [-0.2, -0.15) is 9.97 Å². The molecule has 7 rings (SSSR count). The average Bonchev–Trinajstić information content (AvgIpc) is 2.96. The lowest BCUT2D eigenvalue weighted by Crippen LogP contribution is -1.98. The van der Waals surface area contributed by atoms with Crippen molar-refractivity contribution in [2.24, 2.45) is 0 Å². The molecule has 1 aromatic heterocycles. The molecular weight excluding hydrogens is 474 g/mol. The van der Waals surface area contributed by atoms with E-state index >= 15 is 0 Å². The number of aromatic nitrogens is 3. The van der Waals surface area contributed by atoms with Crippen molar-refractivity contribution in [3.05, 3.63) is 127 Å². The Labute approximate surface area is 219 Å². The fraction of sp³-hybridized carbons (Fsp3) is 0. The predicted molar refractivity (Wildman–Crippen MR) is 154 cm³/mol. The van der Waals surface area contributed by atoms with Crippen molar-refractivity contribution < 1.29 is 0 Å². The lowest BCUT2D eigenvalue weighted by atomic mass is 9.97. The van der Waals surface area contributed by atoms with Gasteiger partial charge in [-0.15, -0.1) is 0 Å². The van der Waals surface area contributed by atoms with Crippen molar-refractivity contribution in [2.75, 3.05) is 0 Å². The molecule has 0 N–H and O–H groups in total. The van der Waals surface area contributed by atoms with Crippen LogP contribution >= 0.6 is 11.6 Å². The largest absolute Gasteiger partial charge is 0.226 e. The van der Waals surface area contributed by atoms with Gasteiger partial charge < -0.3 is 0 Å². The van der Waals surface area contributed by atoms with E-state index in [9.17, 15) is 0 Å². The molecule has 0 aliphatic heterocycles. The molecule has 0 bridgehead atoms. The molecule has 0 aliphatic rings. The first kappa shape index (κ1) is 21.7. The van der Waals surface area contributed by atoms with Crippen LogP contribution in [0.4, 0.5) is 0 Å². The van der Waals surface area contributed by atoms with Gasteiger partial charge in [0.1, 0.15) is 0 Å². The van der Waals surface area contributed by atoms with Gasteiger partial charge in [0.15, 0.2) is 11.6 Å². The van der Waals surface area contributed by atoms with Gasteiger partial charge in [-0.1, -0.05) is 103 Å². The number of halogens is 1. The van der Waals surface area contributed by atoms with Gasteiger partial charge in [0.05, 0.1) is 0 Å². The maximum absolute atomic E-state index is 6.46. The molecule has 37 heavy (non-hydrogen) atoms. The fourth-order valence-electron chi connectivity index (χ4n) is 5.03. The third-order valence-electron chi connectivity index (χ3n) is 6.82. The number of hydrogen-bond acceptors (Lipinski definition) is 3. The van der Waals surface area contributed by atoms with Crippen LogP contribution in [0.15, 0.2) is 121 Å². The highest BCUT2D eigenvalue weighted by molar-refractivity contribution is 6.28. The summed E-state index contributed by atoms with van der Waals surface area (Å²) < 4.78 is 0. The van der Waals surface area contributed by atoms with Crippen LogP contribution in [0.1, 0.15) is 0 Å². The van der Waals surface area contributed by atoms with Crippen LogP contribution in [0.5, 0.6) is 0 Å². The number of benzene rings is 6. The van der Waals surface area contributed by atoms with E-state index in [1.54, 1.807) is 0 Å². The monoisotopic (exact) mass is 493 g/mol. The topological polar surface area (TPSA) is 38.7 Å². The molecule has 3 nitrogen and oxygen atoms in total. The van der Waals surface area contributed by atoms with Crippen LogP contribution in [-0.4, -0.2) is 15.0 Å². The van der Waals surface area contributed by atoms with Gasteiger partial charge in [0.25, 0.3) is 0 Å². The van der Waals surface area contributed by atoms with Crippen LogP contribution in [0.2, 0.25) is 5.28 Å². The lowest BCUT2D eigenvalue weighted by molar-refractivity contribution is 1.07. The van der Waals surface area contributed by atoms with Crippen molar-refractivity contribution in [3.8, 4) is 33.9 Å². The van der Waals surface area contributed by atoms with E-state index < -0.39 is 0 Å². The quantitative estimate of drug-likeness (QED) is 0.230. The molecular formula is C33H20ClN3. The third kappa shape index (κ3) is 3.90. The molecule has 174 valence electrons. The number of rotatable bonds is 3. The molecule has 0 fully saturated rings. The van der Waals surface area contributed by atoms with Crippen molar-refractivity contribution in [3.63, 3.8) is 0 Å². The smallest absolute Gasteiger partial charge is 0.208 e. The summed E-state index contributed by atoms with van der Waals surface area (Å²) in [5.41, 5.74) is 4.23. The minimum Gasteiger partial charge on any atom is -0.208 e. The summed E-state index contributed by atoms with van der Waals surface area (Å²) >= 11 is 6.46. The molecule has 0 aliphatic carbocycles. The SMILES string of the molecule is Clc1nc(-c2ccc3cc(-c4ccccc4)ccc3c2)nc(-c2cc3ccccc3c3ccccc23)n1. The minimum atomic E-state index is 0.178. The molecule has 7 aromatic rings. The summed E-state index contributed by atoms with van der Waals surface area (Å²) in [5, 5.41) is 7.03. The van der Waals surface area contributed by atoms with E-state index in [0.29, 0.717) is 11.6 Å². The summed E-state index contributed by atoms with van der Waals surface area (Å²) in [4.78, 5) is 13.9. The average molecular weight is 494 g/mol. The first-order valence-electron chi connectivity index (χ1n) is 12.1. The molecule has 6 aromatic carbocycles. The van der Waals surface area contributed by atoms with Gasteiger partial charge in [0.2, 0.25) is 5.28 Å². The maximum atomic E-state index is 6.46. The van der Waals surface area contributed by atoms with Crippen molar-refractivity contribution >= 4 is 43.9 Å². The van der Waals surface area contributed by atoms with E-state index in [4.69, 9.17) is 16.6 Å². The molecule has 0 amide bonds. The highest BCUT2D eigenvalue weighted by Crippen LogP contribution is 2.35. The van der Waals surface area contributed by atoms with Crippen LogP contribution in [0, 0.1) is 0 Å².